The molecule has 1 atom stereocenters. The van der Waals surface area contributed by atoms with Gasteiger partial charge in [-0.05, 0) is 12.8 Å². The van der Waals surface area contributed by atoms with E-state index in [1.807, 2.05) is 7.05 Å². The van der Waals surface area contributed by atoms with Gasteiger partial charge in [0.1, 0.15) is 18.0 Å². The molecule has 0 saturated heterocycles. The van der Waals surface area contributed by atoms with Gasteiger partial charge < -0.3 is 20.5 Å². The van der Waals surface area contributed by atoms with E-state index in [2.05, 4.69) is 27.5 Å². The Balaban J connectivity index is 2.87. The lowest BCUT2D eigenvalue weighted by Crippen LogP contribution is -2.27. The normalized spacial score (nSPS) is 12.2. The second-order valence-corrected chi connectivity index (χ2v) is 3.96. The molecule has 0 aliphatic carbocycles. The molecule has 1 aromatic heterocycles. The zero-order valence-corrected chi connectivity index (χ0v) is 11.2. The third-order valence-corrected chi connectivity index (χ3v) is 2.72. The minimum absolute atomic E-state index is 0.0462. The van der Waals surface area contributed by atoms with Crippen molar-refractivity contribution >= 4 is 11.6 Å². The highest BCUT2D eigenvalue weighted by Gasteiger charge is 2.13. The minimum Gasteiger partial charge on any atom is -0.396 e. The Morgan fingerprint density at radius 1 is 1.39 bits per heavy atom. The Kier molecular flexibility index (Phi) is 6.38. The number of nitrogens with zero attached hydrogens (tertiary/aromatic N) is 2. The molecule has 0 bridgehead atoms. The molecule has 0 fully saturated rings. The molecule has 0 amide bonds. The maximum atomic E-state index is 9.03. The van der Waals surface area contributed by atoms with Gasteiger partial charge in [-0.2, -0.15) is 0 Å². The Bertz CT molecular complexity index is 354. The third kappa shape index (κ3) is 3.82. The van der Waals surface area contributed by atoms with E-state index in [1.54, 1.807) is 7.11 Å². The Morgan fingerprint density at radius 2 is 2.11 bits per heavy atom. The van der Waals surface area contributed by atoms with Crippen LogP contribution < -0.4 is 10.6 Å². The van der Waals surface area contributed by atoms with E-state index in [0.29, 0.717) is 13.0 Å². The number of methoxy groups -OCH3 is 1. The monoisotopic (exact) mass is 254 g/mol. The average molecular weight is 254 g/mol. The number of hydrogen-bond acceptors (Lipinski definition) is 6. The lowest BCUT2D eigenvalue weighted by atomic mass is 10.1. The van der Waals surface area contributed by atoms with Gasteiger partial charge in [0.15, 0.2) is 0 Å². The summed E-state index contributed by atoms with van der Waals surface area (Å²) in [5.74, 6) is 1.63. The van der Waals surface area contributed by atoms with Crippen molar-refractivity contribution in [1.29, 1.82) is 0 Å². The molecule has 1 unspecified atom stereocenters. The lowest BCUT2D eigenvalue weighted by Gasteiger charge is -2.20. The molecule has 18 heavy (non-hydrogen) atoms. The Hall–Kier alpha value is -1.40. The molecular formula is C12H22N4O2. The second kappa shape index (κ2) is 7.84. The van der Waals surface area contributed by atoms with Gasteiger partial charge in [-0.1, -0.05) is 6.92 Å². The number of hydrogen-bond donors (Lipinski definition) is 3. The molecule has 1 rings (SSSR count). The first kappa shape index (κ1) is 14.7. The van der Waals surface area contributed by atoms with E-state index >= 15 is 0 Å². The van der Waals surface area contributed by atoms with Crippen molar-refractivity contribution in [1.82, 2.24) is 9.97 Å². The molecular weight excluding hydrogens is 232 g/mol. The molecule has 0 aromatic carbocycles. The van der Waals surface area contributed by atoms with Crippen LogP contribution in [0.2, 0.25) is 0 Å². The summed E-state index contributed by atoms with van der Waals surface area (Å²) in [5, 5.41) is 15.4. The van der Waals surface area contributed by atoms with Crippen molar-refractivity contribution in [3.63, 3.8) is 0 Å². The fraction of sp³-hybridized carbons (Fsp3) is 0.667. The predicted octanol–water partition coefficient (Wildman–Crippen LogP) is 0.890. The summed E-state index contributed by atoms with van der Waals surface area (Å²) in [6.45, 7) is 2.71. The standard InChI is InChI=1S/C12H22N4O2/c1-4-10-11(13-2)14-8-15-12(10)16-9(5-6-17)7-18-3/h8-9,17H,4-7H2,1-3H3,(H2,13,14,15,16). The largest absolute Gasteiger partial charge is 0.396 e. The topological polar surface area (TPSA) is 79.3 Å². The predicted molar refractivity (Wildman–Crippen MR) is 71.9 cm³/mol. The van der Waals surface area contributed by atoms with Crippen molar-refractivity contribution in [2.24, 2.45) is 0 Å². The van der Waals surface area contributed by atoms with Crippen LogP contribution in [0.4, 0.5) is 11.6 Å². The van der Waals surface area contributed by atoms with Gasteiger partial charge in [0.05, 0.1) is 12.6 Å². The van der Waals surface area contributed by atoms with Crippen LogP contribution in [0, 0.1) is 0 Å². The zero-order valence-electron chi connectivity index (χ0n) is 11.2. The number of aromatic nitrogens is 2. The van der Waals surface area contributed by atoms with Crippen molar-refractivity contribution in [2.45, 2.75) is 25.8 Å². The van der Waals surface area contributed by atoms with Crippen LogP contribution in [-0.4, -0.2) is 48.5 Å². The number of ether oxygens (including phenoxy) is 1. The average Bonchev–Trinajstić information content (AvgIpc) is 2.39. The van der Waals surface area contributed by atoms with Gasteiger partial charge in [-0.15, -0.1) is 0 Å². The van der Waals surface area contributed by atoms with Gasteiger partial charge in [-0.25, -0.2) is 9.97 Å². The summed E-state index contributed by atoms with van der Waals surface area (Å²) >= 11 is 0. The zero-order chi connectivity index (χ0) is 13.4. The first-order chi connectivity index (χ1) is 8.76. The summed E-state index contributed by atoms with van der Waals surface area (Å²) < 4.78 is 5.13. The summed E-state index contributed by atoms with van der Waals surface area (Å²) in [6, 6.07) is 0.0462. The molecule has 6 heteroatoms. The van der Waals surface area contributed by atoms with Crippen molar-refractivity contribution in [3.8, 4) is 0 Å². The van der Waals surface area contributed by atoms with Crippen LogP contribution in [0.1, 0.15) is 18.9 Å². The van der Waals surface area contributed by atoms with E-state index in [4.69, 9.17) is 9.84 Å². The molecule has 0 spiro atoms. The van der Waals surface area contributed by atoms with Crippen molar-refractivity contribution < 1.29 is 9.84 Å². The van der Waals surface area contributed by atoms with Crippen LogP contribution in [0.5, 0.6) is 0 Å². The molecule has 0 radical (unpaired) electrons. The fourth-order valence-corrected chi connectivity index (χ4v) is 1.83. The first-order valence-electron chi connectivity index (χ1n) is 6.14. The van der Waals surface area contributed by atoms with Gasteiger partial charge in [0.25, 0.3) is 0 Å². The van der Waals surface area contributed by atoms with E-state index < -0.39 is 0 Å². The molecule has 0 aliphatic heterocycles. The number of anilines is 2. The van der Waals surface area contributed by atoms with Crippen LogP contribution in [0.3, 0.4) is 0 Å². The fourth-order valence-electron chi connectivity index (χ4n) is 1.83. The molecule has 6 nitrogen and oxygen atoms in total. The van der Waals surface area contributed by atoms with Crippen LogP contribution >= 0.6 is 0 Å². The summed E-state index contributed by atoms with van der Waals surface area (Å²) in [6.07, 6.45) is 2.98. The maximum Gasteiger partial charge on any atom is 0.135 e. The molecule has 0 saturated carbocycles. The summed E-state index contributed by atoms with van der Waals surface area (Å²) in [5.41, 5.74) is 1.04. The molecule has 1 aromatic rings. The highest BCUT2D eigenvalue weighted by atomic mass is 16.5. The van der Waals surface area contributed by atoms with E-state index in [0.717, 1.165) is 23.6 Å². The van der Waals surface area contributed by atoms with Gasteiger partial charge in [-0.3, -0.25) is 0 Å². The van der Waals surface area contributed by atoms with Crippen LogP contribution in [-0.2, 0) is 11.2 Å². The van der Waals surface area contributed by atoms with Gasteiger partial charge >= 0.3 is 0 Å². The van der Waals surface area contributed by atoms with Crippen molar-refractivity contribution in [2.75, 3.05) is 38.0 Å². The number of aliphatic hydroxyl groups excluding tert-OH is 1. The van der Waals surface area contributed by atoms with E-state index in [-0.39, 0.29) is 12.6 Å². The Labute approximate surface area is 108 Å². The van der Waals surface area contributed by atoms with Gasteiger partial charge in [0, 0.05) is 26.3 Å². The van der Waals surface area contributed by atoms with E-state index in [1.165, 1.54) is 6.33 Å². The lowest BCUT2D eigenvalue weighted by molar-refractivity contribution is 0.170. The second-order valence-electron chi connectivity index (χ2n) is 3.96. The van der Waals surface area contributed by atoms with Gasteiger partial charge in [0.2, 0.25) is 0 Å². The minimum atomic E-state index is 0.0462. The summed E-state index contributed by atoms with van der Waals surface area (Å²) in [4.78, 5) is 8.45. The first-order valence-corrected chi connectivity index (χ1v) is 6.14. The quantitative estimate of drug-likeness (QED) is 0.639. The smallest absolute Gasteiger partial charge is 0.135 e. The molecule has 0 aliphatic rings. The molecule has 3 N–H and O–H groups in total. The highest BCUT2D eigenvalue weighted by Crippen LogP contribution is 2.20. The summed E-state index contributed by atoms with van der Waals surface area (Å²) in [7, 11) is 3.48. The highest BCUT2D eigenvalue weighted by molar-refractivity contribution is 5.57. The molecule has 1 heterocycles. The van der Waals surface area contributed by atoms with Crippen molar-refractivity contribution in [3.05, 3.63) is 11.9 Å². The number of nitrogens with one attached hydrogen (secondary N) is 2. The third-order valence-electron chi connectivity index (χ3n) is 2.72. The SMILES string of the molecule is CCc1c(NC)ncnc1NC(CCO)COC. The number of rotatable bonds is 8. The number of aliphatic hydroxyl groups is 1. The molecule has 102 valence electrons. The van der Waals surface area contributed by atoms with Crippen LogP contribution in [0.15, 0.2) is 6.33 Å². The Morgan fingerprint density at radius 3 is 2.67 bits per heavy atom. The maximum absolute atomic E-state index is 9.03. The van der Waals surface area contributed by atoms with Crippen LogP contribution in [0.25, 0.3) is 0 Å². The van der Waals surface area contributed by atoms with E-state index in [9.17, 15) is 0 Å².